The van der Waals surface area contributed by atoms with Crippen LogP contribution in [0.2, 0.25) is 0 Å². The predicted octanol–water partition coefficient (Wildman–Crippen LogP) is 4.76. The van der Waals surface area contributed by atoms with Crippen LogP contribution < -0.4 is 10.6 Å². The number of aliphatic hydroxyl groups is 1. The average molecular weight is 590 g/mol. The molecule has 0 radical (unpaired) electrons. The lowest BCUT2D eigenvalue weighted by atomic mass is 9.96. The van der Waals surface area contributed by atoms with Gasteiger partial charge in [-0.25, -0.2) is 14.8 Å². The maximum atomic E-state index is 13.2. The number of amides is 1. The van der Waals surface area contributed by atoms with Crippen LogP contribution in [0.25, 0.3) is 11.3 Å². The van der Waals surface area contributed by atoms with E-state index in [9.17, 15) is 9.90 Å². The van der Waals surface area contributed by atoms with Gasteiger partial charge in [-0.2, -0.15) is 10.1 Å². The number of carbonyl (C=O) groups is 1. The lowest BCUT2D eigenvalue weighted by Crippen LogP contribution is -2.37. The number of hydrogen-bond donors (Lipinski definition) is 3. The van der Waals surface area contributed by atoms with Gasteiger partial charge in [-0.05, 0) is 50.5 Å². The molecular weight excluding hydrogens is 550 g/mol. The quantitative estimate of drug-likeness (QED) is 0.266. The van der Waals surface area contributed by atoms with Crippen LogP contribution >= 0.6 is 0 Å². The molecule has 4 aromatic rings. The molecular formula is C30H39N9O4. The summed E-state index contributed by atoms with van der Waals surface area (Å²) in [4.78, 5) is 28.3. The molecule has 0 saturated carbocycles. The zero-order valence-corrected chi connectivity index (χ0v) is 25.6. The van der Waals surface area contributed by atoms with Crippen molar-refractivity contribution in [1.82, 2.24) is 40.1 Å². The molecule has 3 aromatic heterocycles. The van der Waals surface area contributed by atoms with Crippen LogP contribution in [-0.2, 0) is 23.7 Å². The van der Waals surface area contributed by atoms with Crippen LogP contribution in [0.15, 0.2) is 47.4 Å². The molecule has 0 aliphatic carbocycles. The molecule has 13 nitrogen and oxygen atoms in total. The van der Waals surface area contributed by atoms with Gasteiger partial charge in [-0.1, -0.05) is 38.1 Å². The summed E-state index contributed by atoms with van der Waals surface area (Å²) in [5.74, 6) is 1.03. The Morgan fingerprint density at radius 2 is 1.95 bits per heavy atom. The van der Waals surface area contributed by atoms with Crippen LogP contribution in [0.3, 0.4) is 0 Å². The van der Waals surface area contributed by atoms with Crippen molar-refractivity contribution in [2.45, 2.75) is 77.8 Å². The summed E-state index contributed by atoms with van der Waals surface area (Å²) in [6.07, 6.45) is 4.18. The van der Waals surface area contributed by atoms with E-state index in [0.717, 1.165) is 22.4 Å². The smallest absolute Gasteiger partial charge is 0.410 e. The number of rotatable bonds is 6. The van der Waals surface area contributed by atoms with Crippen LogP contribution in [0, 0.1) is 0 Å². The monoisotopic (exact) mass is 589 g/mol. The second-order valence-corrected chi connectivity index (χ2v) is 12.7. The SMILES string of the molecule is Cn1cc(Nc2nccc(-c3ccc4c(c3)CN(C(=O)OC(C)(C)C)CC[C@H]4NC(O)c3noc(C(C)(C)C)n3)n2)cn1. The topological polar surface area (TPSA) is 156 Å². The number of carbonyl (C=O) groups excluding carboxylic acids is 1. The molecule has 1 aliphatic heterocycles. The minimum atomic E-state index is -1.17. The van der Waals surface area contributed by atoms with Gasteiger partial charge in [-0.15, -0.1) is 0 Å². The third-order valence-electron chi connectivity index (χ3n) is 6.82. The van der Waals surface area contributed by atoms with Crippen molar-refractivity contribution in [3.8, 4) is 11.3 Å². The maximum Gasteiger partial charge on any atom is 0.410 e. The number of anilines is 2. The van der Waals surface area contributed by atoms with E-state index in [1.165, 1.54) is 0 Å². The highest BCUT2D eigenvalue weighted by Gasteiger charge is 2.31. The van der Waals surface area contributed by atoms with E-state index in [1.54, 1.807) is 22.0 Å². The van der Waals surface area contributed by atoms with Gasteiger partial charge >= 0.3 is 6.09 Å². The summed E-state index contributed by atoms with van der Waals surface area (Å²) in [7, 11) is 1.84. The van der Waals surface area contributed by atoms with Crippen molar-refractivity contribution in [2.75, 3.05) is 11.9 Å². The van der Waals surface area contributed by atoms with Gasteiger partial charge in [-0.3, -0.25) is 10.00 Å². The molecule has 3 N–H and O–H groups in total. The number of aliphatic hydroxyl groups excluding tert-OH is 1. The maximum absolute atomic E-state index is 13.2. The summed E-state index contributed by atoms with van der Waals surface area (Å²) in [5.41, 5.74) is 3.20. The van der Waals surface area contributed by atoms with Gasteiger partial charge in [0.15, 0.2) is 6.23 Å². The van der Waals surface area contributed by atoms with Crippen molar-refractivity contribution < 1.29 is 19.2 Å². The first-order valence-electron chi connectivity index (χ1n) is 14.2. The van der Waals surface area contributed by atoms with Crippen LogP contribution in [0.4, 0.5) is 16.4 Å². The number of ether oxygens (including phenoxy) is 1. The summed E-state index contributed by atoms with van der Waals surface area (Å²) in [6.45, 7) is 12.2. The van der Waals surface area contributed by atoms with Crippen LogP contribution in [-0.4, -0.2) is 58.1 Å². The van der Waals surface area contributed by atoms with E-state index in [1.807, 2.05) is 79.1 Å². The summed E-state index contributed by atoms with van der Waals surface area (Å²) < 4.78 is 12.8. The molecule has 0 fully saturated rings. The van der Waals surface area contributed by atoms with Gasteiger partial charge in [0.05, 0.1) is 17.6 Å². The third kappa shape index (κ3) is 7.35. The minimum absolute atomic E-state index is 0.158. The zero-order valence-electron chi connectivity index (χ0n) is 25.6. The number of nitrogens with one attached hydrogen (secondary N) is 2. The summed E-state index contributed by atoms with van der Waals surface area (Å²) in [6, 6.07) is 7.52. The van der Waals surface area contributed by atoms with Gasteiger partial charge in [0, 0.05) is 49.6 Å². The Hall–Kier alpha value is -4.36. The Balaban J connectivity index is 1.44. The molecule has 5 rings (SSSR count). The van der Waals surface area contributed by atoms with Crippen LogP contribution in [0.5, 0.6) is 0 Å². The molecule has 1 unspecified atom stereocenters. The van der Waals surface area contributed by atoms with Crippen molar-refractivity contribution in [3.05, 3.63) is 65.7 Å². The van der Waals surface area contributed by atoms with Gasteiger partial charge in [0.1, 0.15) is 5.60 Å². The first kappa shape index (κ1) is 30.1. The molecule has 1 aliphatic rings. The molecule has 2 atom stereocenters. The molecule has 228 valence electrons. The molecule has 1 aromatic carbocycles. The Kier molecular flexibility index (Phi) is 8.21. The van der Waals surface area contributed by atoms with Gasteiger partial charge < -0.3 is 24.6 Å². The molecule has 0 bridgehead atoms. The Bertz CT molecular complexity index is 1580. The number of benzene rings is 1. The van der Waals surface area contributed by atoms with Crippen molar-refractivity contribution in [3.63, 3.8) is 0 Å². The Morgan fingerprint density at radius 1 is 1.16 bits per heavy atom. The standard InChI is InChI=1S/C30H39N9O4/c1-29(2,3)26-36-24(37-43-26)25(40)34-23-11-13-39(28(41)42-30(4,5)6)16-19-14-18(8-9-21(19)23)22-10-12-31-27(35-22)33-20-15-32-38(7)17-20/h8-10,12,14-15,17,23,25,34,40H,11,13,16H2,1-7H3,(H,31,33,35)/t23-,25?/m1/s1. The number of aryl methyl sites for hydroxylation is 1. The molecule has 0 saturated heterocycles. The van der Waals surface area contributed by atoms with Gasteiger partial charge in [0.2, 0.25) is 17.7 Å². The molecule has 0 spiro atoms. The highest BCUT2D eigenvalue weighted by molar-refractivity contribution is 5.69. The van der Waals surface area contributed by atoms with Crippen molar-refractivity contribution in [2.24, 2.45) is 7.05 Å². The average Bonchev–Trinajstić information content (AvgIpc) is 3.55. The first-order valence-corrected chi connectivity index (χ1v) is 14.2. The molecule has 43 heavy (non-hydrogen) atoms. The lowest BCUT2D eigenvalue weighted by molar-refractivity contribution is 0.0230. The normalized spacial score (nSPS) is 16.4. The first-order chi connectivity index (χ1) is 20.2. The van der Waals surface area contributed by atoms with E-state index < -0.39 is 17.9 Å². The van der Waals surface area contributed by atoms with E-state index in [0.29, 0.717) is 37.0 Å². The fraction of sp³-hybridized carbons (Fsp3) is 0.467. The minimum Gasteiger partial charge on any atom is -0.444 e. The summed E-state index contributed by atoms with van der Waals surface area (Å²) in [5, 5.41) is 25.6. The predicted molar refractivity (Wildman–Crippen MR) is 159 cm³/mol. The Labute approximate surface area is 250 Å². The highest BCUT2D eigenvalue weighted by atomic mass is 16.6. The van der Waals surface area contributed by atoms with Crippen molar-refractivity contribution in [1.29, 1.82) is 0 Å². The van der Waals surface area contributed by atoms with Gasteiger partial charge in [0.25, 0.3) is 0 Å². The van der Waals surface area contributed by atoms with Crippen molar-refractivity contribution >= 4 is 17.7 Å². The number of nitrogens with zero attached hydrogens (tertiary/aromatic N) is 7. The van der Waals surface area contributed by atoms with E-state index in [4.69, 9.17) is 14.2 Å². The number of fused-ring (bicyclic) bond motifs is 1. The van der Waals surface area contributed by atoms with E-state index >= 15 is 0 Å². The molecule has 4 heterocycles. The van der Waals surface area contributed by atoms with Crippen LogP contribution in [0.1, 0.15) is 83.1 Å². The highest BCUT2D eigenvalue weighted by Crippen LogP contribution is 2.33. The van der Waals surface area contributed by atoms with E-state index in [-0.39, 0.29) is 17.3 Å². The Morgan fingerprint density at radius 3 is 2.63 bits per heavy atom. The number of aromatic nitrogens is 6. The largest absolute Gasteiger partial charge is 0.444 e. The second-order valence-electron chi connectivity index (χ2n) is 12.7. The fourth-order valence-corrected chi connectivity index (χ4v) is 4.73. The number of hydrogen-bond acceptors (Lipinski definition) is 11. The summed E-state index contributed by atoms with van der Waals surface area (Å²) >= 11 is 0. The lowest BCUT2D eigenvalue weighted by Gasteiger charge is -2.26. The molecule has 13 heteroatoms. The third-order valence-corrected chi connectivity index (χ3v) is 6.82. The zero-order chi connectivity index (χ0) is 30.9. The fourth-order valence-electron chi connectivity index (χ4n) is 4.73. The second kappa shape index (κ2) is 11.7. The molecule has 1 amide bonds. The van der Waals surface area contributed by atoms with E-state index in [2.05, 4.69) is 30.9 Å².